The number of rotatable bonds is 4. The summed E-state index contributed by atoms with van der Waals surface area (Å²) in [6, 6.07) is 1.56. The van der Waals surface area contributed by atoms with Crippen molar-refractivity contribution in [2.45, 2.75) is 6.42 Å². The van der Waals surface area contributed by atoms with Crippen LogP contribution in [0.4, 0.5) is 14.5 Å². The number of carbonyl (C=O) groups is 1. The Kier molecular flexibility index (Phi) is 3.92. The van der Waals surface area contributed by atoms with Crippen molar-refractivity contribution in [2.75, 3.05) is 12.3 Å². The van der Waals surface area contributed by atoms with Gasteiger partial charge in [0.05, 0.1) is 5.56 Å². The molecule has 0 fully saturated rings. The number of nitrogen functional groups attached to an aromatic ring is 1. The van der Waals surface area contributed by atoms with Gasteiger partial charge >= 0.3 is 0 Å². The average Bonchev–Trinajstić information content (AvgIpc) is 2.79. The number of hydrogen-bond acceptors (Lipinski definition) is 4. The van der Waals surface area contributed by atoms with E-state index in [1.807, 2.05) is 0 Å². The van der Waals surface area contributed by atoms with Crippen LogP contribution in [-0.4, -0.2) is 27.2 Å². The number of anilines is 1. The number of aromatic nitrogens is 3. The highest BCUT2D eigenvalue weighted by molar-refractivity contribution is 5.99. The van der Waals surface area contributed by atoms with Crippen LogP contribution in [0.2, 0.25) is 0 Å². The molecular formula is C12H13F2N5O. The molecule has 0 saturated heterocycles. The normalized spacial score (nSPS) is 10.6. The maximum atomic E-state index is 13.1. The van der Waals surface area contributed by atoms with Crippen molar-refractivity contribution >= 4 is 11.6 Å². The summed E-state index contributed by atoms with van der Waals surface area (Å²) in [4.78, 5) is 11.8. The van der Waals surface area contributed by atoms with Gasteiger partial charge in [0.2, 0.25) is 0 Å². The molecule has 1 amide bonds. The fourth-order valence-electron chi connectivity index (χ4n) is 1.68. The van der Waals surface area contributed by atoms with Crippen LogP contribution >= 0.6 is 0 Å². The molecule has 1 aromatic carbocycles. The van der Waals surface area contributed by atoms with E-state index in [2.05, 4.69) is 15.5 Å². The number of amides is 1. The predicted molar refractivity (Wildman–Crippen MR) is 67.8 cm³/mol. The standard InChI is InChI=1S/C12H13F2N5O/c1-19-6-17-18-11(19)2-3-16-12(20)7-4-8(13)9(14)5-10(7)15/h4-6H,2-3,15H2,1H3,(H,16,20). The van der Waals surface area contributed by atoms with E-state index < -0.39 is 17.5 Å². The Morgan fingerprint density at radius 2 is 2.10 bits per heavy atom. The Morgan fingerprint density at radius 1 is 1.40 bits per heavy atom. The van der Waals surface area contributed by atoms with E-state index in [0.717, 1.165) is 12.1 Å². The lowest BCUT2D eigenvalue weighted by Gasteiger charge is -2.08. The second-order valence-electron chi connectivity index (χ2n) is 4.22. The highest BCUT2D eigenvalue weighted by Crippen LogP contribution is 2.16. The molecule has 6 nitrogen and oxygen atoms in total. The molecule has 3 N–H and O–H groups in total. The highest BCUT2D eigenvalue weighted by Gasteiger charge is 2.14. The van der Waals surface area contributed by atoms with Gasteiger partial charge in [-0.15, -0.1) is 10.2 Å². The molecule has 2 aromatic rings. The summed E-state index contributed by atoms with van der Waals surface area (Å²) in [6.07, 6.45) is 2.01. The molecule has 0 unspecified atom stereocenters. The van der Waals surface area contributed by atoms with Crippen LogP contribution in [0.25, 0.3) is 0 Å². The molecular weight excluding hydrogens is 268 g/mol. The van der Waals surface area contributed by atoms with Crippen molar-refractivity contribution in [2.24, 2.45) is 7.05 Å². The molecule has 8 heteroatoms. The summed E-state index contributed by atoms with van der Waals surface area (Å²) in [5, 5.41) is 10.1. The molecule has 20 heavy (non-hydrogen) atoms. The van der Waals surface area contributed by atoms with Gasteiger partial charge in [-0.2, -0.15) is 0 Å². The van der Waals surface area contributed by atoms with Crippen LogP contribution in [0.15, 0.2) is 18.5 Å². The van der Waals surface area contributed by atoms with Crippen molar-refractivity contribution in [3.63, 3.8) is 0 Å². The quantitative estimate of drug-likeness (QED) is 0.806. The number of aryl methyl sites for hydroxylation is 1. The van der Waals surface area contributed by atoms with Gasteiger partial charge in [0.25, 0.3) is 5.91 Å². The van der Waals surface area contributed by atoms with Gasteiger partial charge in [0, 0.05) is 31.8 Å². The first-order valence-corrected chi connectivity index (χ1v) is 5.84. The minimum absolute atomic E-state index is 0.0955. The van der Waals surface area contributed by atoms with E-state index >= 15 is 0 Å². The van der Waals surface area contributed by atoms with E-state index in [0.29, 0.717) is 12.2 Å². The zero-order valence-electron chi connectivity index (χ0n) is 10.7. The Morgan fingerprint density at radius 3 is 2.75 bits per heavy atom. The highest BCUT2D eigenvalue weighted by atomic mass is 19.2. The maximum Gasteiger partial charge on any atom is 0.253 e. The molecule has 0 aliphatic heterocycles. The summed E-state index contributed by atoms with van der Waals surface area (Å²) in [5.41, 5.74) is 5.28. The first-order valence-electron chi connectivity index (χ1n) is 5.84. The Labute approximate surface area is 113 Å². The molecule has 1 heterocycles. The molecule has 0 aliphatic rings. The Bertz CT molecular complexity index is 641. The minimum Gasteiger partial charge on any atom is -0.398 e. The van der Waals surface area contributed by atoms with Gasteiger partial charge in [-0.1, -0.05) is 0 Å². The van der Waals surface area contributed by atoms with Crippen molar-refractivity contribution in [1.29, 1.82) is 0 Å². The van der Waals surface area contributed by atoms with Crippen molar-refractivity contribution in [3.8, 4) is 0 Å². The summed E-state index contributed by atoms with van der Waals surface area (Å²) in [5.74, 6) is -2.07. The molecule has 106 valence electrons. The van der Waals surface area contributed by atoms with Crippen LogP contribution in [0, 0.1) is 11.6 Å². The van der Waals surface area contributed by atoms with Crippen molar-refractivity contribution in [1.82, 2.24) is 20.1 Å². The first-order chi connectivity index (χ1) is 9.49. The van der Waals surface area contributed by atoms with Gasteiger partial charge in [-0.25, -0.2) is 8.78 Å². The van der Waals surface area contributed by atoms with Gasteiger partial charge in [-0.3, -0.25) is 4.79 Å². The maximum absolute atomic E-state index is 13.1. The number of nitrogens with one attached hydrogen (secondary N) is 1. The SMILES string of the molecule is Cn1cnnc1CCNC(=O)c1cc(F)c(F)cc1N. The lowest BCUT2D eigenvalue weighted by Crippen LogP contribution is -2.27. The van der Waals surface area contributed by atoms with Gasteiger partial charge in [0.1, 0.15) is 12.2 Å². The fourth-order valence-corrected chi connectivity index (χ4v) is 1.68. The second kappa shape index (κ2) is 5.64. The Balaban J connectivity index is 1.99. The number of halogens is 2. The molecule has 0 bridgehead atoms. The largest absolute Gasteiger partial charge is 0.398 e. The second-order valence-corrected chi connectivity index (χ2v) is 4.22. The van der Waals surface area contributed by atoms with Gasteiger partial charge in [-0.05, 0) is 6.07 Å². The molecule has 0 saturated carbocycles. The van der Waals surface area contributed by atoms with E-state index in [1.54, 1.807) is 17.9 Å². The summed E-state index contributed by atoms with van der Waals surface area (Å²) in [6.45, 7) is 0.282. The monoisotopic (exact) mass is 281 g/mol. The number of carbonyl (C=O) groups excluding carboxylic acids is 1. The van der Waals surface area contributed by atoms with Crippen molar-refractivity contribution in [3.05, 3.63) is 41.5 Å². The topological polar surface area (TPSA) is 85.8 Å². The third kappa shape index (κ3) is 2.90. The molecule has 0 atom stereocenters. The fraction of sp³-hybridized carbons (Fsp3) is 0.250. The van der Waals surface area contributed by atoms with Crippen molar-refractivity contribution < 1.29 is 13.6 Å². The van der Waals surface area contributed by atoms with Gasteiger partial charge in [0.15, 0.2) is 11.6 Å². The minimum atomic E-state index is -1.11. The lowest BCUT2D eigenvalue weighted by atomic mass is 10.1. The van der Waals surface area contributed by atoms with Crippen LogP contribution < -0.4 is 11.1 Å². The summed E-state index contributed by atoms with van der Waals surface area (Å²) in [7, 11) is 1.78. The first kappa shape index (κ1) is 13.9. The molecule has 1 aromatic heterocycles. The third-order valence-electron chi connectivity index (χ3n) is 2.78. The number of hydrogen-bond donors (Lipinski definition) is 2. The van der Waals surface area contributed by atoms with Gasteiger partial charge < -0.3 is 15.6 Å². The van der Waals surface area contributed by atoms with E-state index in [4.69, 9.17) is 5.73 Å². The van der Waals surface area contributed by atoms with Crippen LogP contribution in [0.5, 0.6) is 0 Å². The Hall–Kier alpha value is -2.51. The average molecular weight is 281 g/mol. The lowest BCUT2D eigenvalue weighted by molar-refractivity contribution is 0.0954. The number of nitrogens with zero attached hydrogens (tertiary/aromatic N) is 3. The molecule has 2 rings (SSSR count). The zero-order valence-corrected chi connectivity index (χ0v) is 10.7. The smallest absolute Gasteiger partial charge is 0.253 e. The third-order valence-corrected chi connectivity index (χ3v) is 2.78. The predicted octanol–water partition coefficient (Wildman–Crippen LogP) is 0.648. The van der Waals surface area contributed by atoms with E-state index in [9.17, 15) is 13.6 Å². The summed E-state index contributed by atoms with van der Waals surface area (Å²) >= 11 is 0. The molecule has 0 spiro atoms. The van der Waals surface area contributed by atoms with E-state index in [1.165, 1.54) is 0 Å². The van der Waals surface area contributed by atoms with Crippen LogP contribution in [-0.2, 0) is 13.5 Å². The number of nitrogens with two attached hydrogens (primary N) is 1. The molecule has 0 radical (unpaired) electrons. The van der Waals surface area contributed by atoms with E-state index in [-0.39, 0.29) is 17.8 Å². The van der Waals surface area contributed by atoms with Crippen LogP contribution in [0.1, 0.15) is 16.2 Å². The molecule has 0 aliphatic carbocycles. The number of benzene rings is 1. The van der Waals surface area contributed by atoms with Crippen LogP contribution in [0.3, 0.4) is 0 Å². The zero-order chi connectivity index (χ0) is 14.7. The summed E-state index contributed by atoms with van der Waals surface area (Å²) < 4.78 is 27.7.